The van der Waals surface area contributed by atoms with Crippen molar-refractivity contribution in [3.63, 3.8) is 0 Å². The molecule has 1 aromatic carbocycles. The maximum atomic E-state index is 12.4. The Morgan fingerprint density at radius 1 is 1.28 bits per heavy atom. The molecule has 0 aliphatic carbocycles. The lowest BCUT2D eigenvalue weighted by molar-refractivity contribution is -0.127. The minimum absolute atomic E-state index is 0.117. The SMILES string of the molecule is O=C(NCc1cccnc1)c1ccc2nc(NCCCN3CCCC3=O)sc2c1. The van der Waals surface area contributed by atoms with Crippen molar-refractivity contribution in [1.82, 2.24) is 20.2 Å². The number of anilines is 1. The summed E-state index contributed by atoms with van der Waals surface area (Å²) in [6.45, 7) is 2.88. The number of fused-ring (bicyclic) bond motifs is 1. The third-order valence-electron chi connectivity index (χ3n) is 4.88. The van der Waals surface area contributed by atoms with Crippen LogP contribution >= 0.6 is 11.3 Å². The van der Waals surface area contributed by atoms with E-state index >= 15 is 0 Å². The highest BCUT2D eigenvalue weighted by Crippen LogP contribution is 2.27. The van der Waals surface area contributed by atoms with Crippen LogP contribution < -0.4 is 10.6 Å². The third-order valence-corrected chi connectivity index (χ3v) is 5.85. The number of carbonyl (C=O) groups is 2. The molecule has 3 heterocycles. The van der Waals surface area contributed by atoms with Gasteiger partial charge in [-0.25, -0.2) is 4.98 Å². The fourth-order valence-corrected chi connectivity index (χ4v) is 4.26. The van der Waals surface area contributed by atoms with E-state index in [-0.39, 0.29) is 11.8 Å². The molecule has 0 saturated carbocycles. The first kappa shape index (κ1) is 19.3. The molecule has 4 rings (SSSR count). The van der Waals surface area contributed by atoms with Crippen LogP contribution in [0.3, 0.4) is 0 Å². The largest absolute Gasteiger partial charge is 0.361 e. The van der Waals surface area contributed by atoms with Crippen molar-refractivity contribution in [3.05, 3.63) is 53.9 Å². The molecule has 1 fully saturated rings. The fraction of sp³-hybridized carbons (Fsp3) is 0.333. The second-order valence-corrected chi connectivity index (χ2v) is 8.04. The van der Waals surface area contributed by atoms with Crippen molar-refractivity contribution in [2.45, 2.75) is 25.8 Å². The molecule has 0 radical (unpaired) electrons. The molecule has 2 amide bonds. The van der Waals surface area contributed by atoms with Crippen molar-refractivity contribution >= 4 is 38.5 Å². The first-order chi connectivity index (χ1) is 14.2. The number of carbonyl (C=O) groups excluding carboxylic acids is 2. The van der Waals surface area contributed by atoms with Crippen LogP contribution in [0, 0.1) is 0 Å². The summed E-state index contributed by atoms with van der Waals surface area (Å²) in [4.78, 5) is 34.6. The number of amides is 2. The first-order valence-electron chi connectivity index (χ1n) is 9.78. The summed E-state index contributed by atoms with van der Waals surface area (Å²) in [5.74, 6) is 0.147. The van der Waals surface area contributed by atoms with Gasteiger partial charge in [-0.15, -0.1) is 0 Å². The quantitative estimate of drug-likeness (QED) is 0.559. The van der Waals surface area contributed by atoms with Gasteiger partial charge >= 0.3 is 0 Å². The minimum Gasteiger partial charge on any atom is -0.361 e. The maximum absolute atomic E-state index is 12.4. The number of nitrogens with one attached hydrogen (secondary N) is 2. The Hall–Kier alpha value is -3.00. The van der Waals surface area contributed by atoms with E-state index in [0.29, 0.717) is 18.5 Å². The fourth-order valence-electron chi connectivity index (χ4n) is 3.33. The van der Waals surface area contributed by atoms with Crippen LogP contribution in [-0.4, -0.2) is 46.3 Å². The van der Waals surface area contributed by atoms with Crippen LogP contribution in [0.5, 0.6) is 0 Å². The van der Waals surface area contributed by atoms with Gasteiger partial charge in [0.15, 0.2) is 5.13 Å². The molecular formula is C21H23N5O2S. The molecule has 0 bridgehead atoms. The zero-order valence-corrected chi connectivity index (χ0v) is 16.9. The van der Waals surface area contributed by atoms with Gasteiger partial charge < -0.3 is 15.5 Å². The molecular weight excluding hydrogens is 386 g/mol. The number of aromatic nitrogens is 2. The second kappa shape index (κ2) is 9.00. The van der Waals surface area contributed by atoms with Crippen LogP contribution in [0.1, 0.15) is 35.2 Å². The van der Waals surface area contributed by atoms with Gasteiger partial charge in [0.25, 0.3) is 5.91 Å². The van der Waals surface area contributed by atoms with Crippen molar-refractivity contribution in [1.29, 1.82) is 0 Å². The number of rotatable bonds is 8. The Balaban J connectivity index is 1.31. The molecule has 0 spiro atoms. The topological polar surface area (TPSA) is 87.2 Å². The summed E-state index contributed by atoms with van der Waals surface area (Å²) in [7, 11) is 0. The lowest BCUT2D eigenvalue weighted by Gasteiger charge is -2.14. The van der Waals surface area contributed by atoms with E-state index in [1.165, 1.54) is 11.3 Å². The lowest BCUT2D eigenvalue weighted by atomic mass is 10.2. The van der Waals surface area contributed by atoms with Crippen molar-refractivity contribution in [2.24, 2.45) is 0 Å². The Morgan fingerprint density at radius 2 is 2.21 bits per heavy atom. The first-order valence-corrected chi connectivity index (χ1v) is 10.6. The molecule has 1 aliphatic heterocycles. The number of benzene rings is 1. The second-order valence-electron chi connectivity index (χ2n) is 7.01. The van der Waals surface area contributed by atoms with Crippen LogP contribution in [0.25, 0.3) is 10.2 Å². The summed E-state index contributed by atoms with van der Waals surface area (Å²) in [5.41, 5.74) is 2.45. The van der Waals surface area contributed by atoms with Crippen LogP contribution in [-0.2, 0) is 11.3 Å². The highest BCUT2D eigenvalue weighted by molar-refractivity contribution is 7.22. The molecule has 150 valence electrons. The maximum Gasteiger partial charge on any atom is 0.251 e. The van der Waals surface area contributed by atoms with Crippen LogP contribution in [0.2, 0.25) is 0 Å². The van der Waals surface area contributed by atoms with Gasteiger partial charge in [-0.1, -0.05) is 17.4 Å². The van der Waals surface area contributed by atoms with E-state index in [4.69, 9.17) is 0 Å². The smallest absolute Gasteiger partial charge is 0.251 e. The van der Waals surface area contributed by atoms with E-state index in [9.17, 15) is 9.59 Å². The molecule has 1 aliphatic rings. The molecule has 2 N–H and O–H groups in total. The average molecular weight is 410 g/mol. The minimum atomic E-state index is -0.117. The van der Waals surface area contributed by atoms with Crippen LogP contribution in [0.15, 0.2) is 42.7 Å². The van der Waals surface area contributed by atoms with E-state index in [1.807, 2.05) is 29.2 Å². The van der Waals surface area contributed by atoms with Crippen molar-refractivity contribution < 1.29 is 9.59 Å². The molecule has 1 saturated heterocycles. The standard InChI is InChI=1S/C21H23N5O2S/c27-19-5-2-10-26(19)11-3-9-23-21-25-17-7-6-16(12-18(17)29-21)20(28)24-14-15-4-1-8-22-13-15/h1,4,6-8,12-13H,2-3,5,9-11,14H2,(H,23,25)(H,24,28). The van der Waals surface area contributed by atoms with E-state index in [1.54, 1.807) is 18.5 Å². The number of likely N-dealkylation sites (tertiary alicyclic amines) is 1. The lowest BCUT2D eigenvalue weighted by Crippen LogP contribution is -2.26. The highest BCUT2D eigenvalue weighted by atomic mass is 32.1. The number of hydrogen-bond acceptors (Lipinski definition) is 6. The van der Waals surface area contributed by atoms with Gasteiger partial charge in [-0.05, 0) is 42.7 Å². The molecule has 29 heavy (non-hydrogen) atoms. The van der Waals surface area contributed by atoms with E-state index < -0.39 is 0 Å². The van der Waals surface area contributed by atoms with Gasteiger partial charge in [-0.2, -0.15) is 0 Å². The molecule has 0 atom stereocenters. The zero-order valence-electron chi connectivity index (χ0n) is 16.1. The monoisotopic (exact) mass is 409 g/mol. The Bertz CT molecular complexity index is 1000. The molecule has 3 aromatic rings. The molecule has 0 unspecified atom stereocenters. The highest BCUT2D eigenvalue weighted by Gasteiger charge is 2.19. The molecule has 7 nitrogen and oxygen atoms in total. The Kier molecular flexibility index (Phi) is 6.00. The summed E-state index contributed by atoms with van der Waals surface area (Å²) < 4.78 is 0.969. The van der Waals surface area contributed by atoms with Gasteiger partial charge in [0.2, 0.25) is 5.91 Å². The van der Waals surface area contributed by atoms with Gasteiger partial charge in [0.1, 0.15) is 0 Å². The normalized spacial score (nSPS) is 13.8. The zero-order chi connectivity index (χ0) is 20.1. The van der Waals surface area contributed by atoms with Gasteiger partial charge in [0.05, 0.1) is 10.2 Å². The Morgan fingerprint density at radius 3 is 3.00 bits per heavy atom. The number of hydrogen-bond donors (Lipinski definition) is 2. The average Bonchev–Trinajstić information content (AvgIpc) is 3.35. The summed E-state index contributed by atoms with van der Waals surface area (Å²) in [5, 5.41) is 7.08. The van der Waals surface area contributed by atoms with Crippen molar-refractivity contribution in [3.8, 4) is 0 Å². The summed E-state index contributed by atoms with van der Waals surface area (Å²) >= 11 is 1.53. The van der Waals surface area contributed by atoms with E-state index in [0.717, 1.165) is 53.4 Å². The Labute approximate surface area is 173 Å². The number of pyridine rings is 1. The predicted octanol–water partition coefficient (Wildman–Crippen LogP) is 3.05. The predicted molar refractivity (Wildman–Crippen MR) is 114 cm³/mol. The van der Waals surface area contributed by atoms with E-state index in [2.05, 4.69) is 20.6 Å². The third kappa shape index (κ3) is 4.89. The summed E-state index contributed by atoms with van der Waals surface area (Å²) in [6, 6.07) is 9.32. The molecule has 2 aromatic heterocycles. The van der Waals surface area contributed by atoms with Crippen LogP contribution in [0.4, 0.5) is 5.13 Å². The van der Waals surface area contributed by atoms with Gasteiger partial charge in [0, 0.05) is 50.6 Å². The molecule has 8 heteroatoms. The summed E-state index contributed by atoms with van der Waals surface area (Å²) in [6.07, 6.45) is 6.00. The number of thiazole rings is 1. The van der Waals surface area contributed by atoms with Gasteiger partial charge in [-0.3, -0.25) is 14.6 Å². The van der Waals surface area contributed by atoms with Crippen molar-refractivity contribution in [2.75, 3.05) is 25.0 Å². The number of nitrogens with zero attached hydrogens (tertiary/aromatic N) is 3.